The maximum atomic E-state index is 13.1. The molecule has 2 fully saturated rings. The van der Waals surface area contributed by atoms with Crippen LogP contribution in [0.2, 0.25) is 0 Å². The molecule has 1 aliphatic carbocycles. The number of halogens is 1. The van der Waals surface area contributed by atoms with Gasteiger partial charge in [0.15, 0.2) is 0 Å². The lowest BCUT2D eigenvalue weighted by atomic mass is 10.0. The highest BCUT2D eigenvalue weighted by Gasteiger charge is 2.32. The molecule has 2 aromatic rings. The van der Waals surface area contributed by atoms with Crippen LogP contribution in [0, 0.1) is 5.82 Å². The van der Waals surface area contributed by atoms with Crippen LogP contribution in [-0.4, -0.2) is 51.4 Å². The Hall–Kier alpha value is -2.54. The Balaban J connectivity index is 1.25. The van der Waals surface area contributed by atoms with Crippen molar-refractivity contribution in [1.29, 1.82) is 0 Å². The van der Waals surface area contributed by atoms with Crippen LogP contribution in [0.1, 0.15) is 60.7 Å². The van der Waals surface area contributed by atoms with E-state index >= 15 is 0 Å². The van der Waals surface area contributed by atoms with Gasteiger partial charge in [-0.05, 0) is 37.0 Å². The first-order valence-electron chi connectivity index (χ1n) is 11.4. The Morgan fingerprint density at radius 2 is 1.90 bits per heavy atom. The molecule has 5 rings (SSSR count). The number of nitrogens with one attached hydrogen (secondary N) is 1. The fourth-order valence-electron chi connectivity index (χ4n) is 5.34. The van der Waals surface area contributed by atoms with Crippen LogP contribution >= 0.6 is 0 Å². The second kappa shape index (κ2) is 8.54. The molecule has 31 heavy (non-hydrogen) atoms. The number of carbonyl (C=O) groups excluding carboxylic acids is 1. The van der Waals surface area contributed by atoms with Gasteiger partial charge in [0.05, 0.1) is 17.7 Å². The van der Waals surface area contributed by atoms with E-state index in [1.807, 2.05) is 4.90 Å². The number of likely N-dealkylation sites (tertiary alicyclic amines) is 1. The molecule has 1 aromatic carbocycles. The van der Waals surface area contributed by atoms with Crippen molar-refractivity contribution in [2.45, 2.75) is 63.5 Å². The van der Waals surface area contributed by atoms with Gasteiger partial charge in [-0.1, -0.05) is 25.0 Å². The van der Waals surface area contributed by atoms with Gasteiger partial charge in [0.25, 0.3) is 5.56 Å². The molecule has 1 amide bonds. The van der Waals surface area contributed by atoms with Crippen molar-refractivity contribution in [2.75, 3.05) is 19.6 Å². The zero-order chi connectivity index (χ0) is 21.4. The van der Waals surface area contributed by atoms with Gasteiger partial charge < -0.3 is 9.88 Å². The molecule has 164 valence electrons. The van der Waals surface area contributed by atoms with E-state index in [0.717, 1.165) is 42.0 Å². The third-order valence-electron chi connectivity index (χ3n) is 7.15. The molecule has 2 aliphatic heterocycles. The van der Waals surface area contributed by atoms with Crippen molar-refractivity contribution in [3.63, 3.8) is 0 Å². The number of rotatable bonds is 4. The number of carbonyl (C=O) groups is 1. The van der Waals surface area contributed by atoms with Crippen molar-refractivity contribution < 1.29 is 9.18 Å². The molecule has 3 aliphatic rings. The van der Waals surface area contributed by atoms with Gasteiger partial charge >= 0.3 is 0 Å². The van der Waals surface area contributed by atoms with E-state index in [2.05, 4.69) is 9.88 Å². The first kappa shape index (κ1) is 20.4. The van der Waals surface area contributed by atoms with E-state index in [4.69, 9.17) is 4.98 Å². The van der Waals surface area contributed by atoms with Gasteiger partial charge in [0, 0.05) is 44.6 Å². The monoisotopic (exact) mass is 424 g/mol. The summed E-state index contributed by atoms with van der Waals surface area (Å²) in [6.07, 6.45) is 6.94. The van der Waals surface area contributed by atoms with Crippen LogP contribution < -0.4 is 5.56 Å². The summed E-state index contributed by atoms with van der Waals surface area (Å²) in [6.45, 7) is 2.90. The zero-order valence-electron chi connectivity index (χ0n) is 17.8. The van der Waals surface area contributed by atoms with Crippen LogP contribution in [-0.2, 0) is 24.2 Å². The topological polar surface area (TPSA) is 69.3 Å². The number of nitrogens with zero attached hydrogens (tertiary/aromatic N) is 3. The van der Waals surface area contributed by atoms with Crippen LogP contribution in [0.3, 0.4) is 0 Å². The lowest BCUT2D eigenvalue weighted by Gasteiger charge is -2.32. The zero-order valence-corrected chi connectivity index (χ0v) is 17.8. The fourth-order valence-corrected chi connectivity index (χ4v) is 5.34. The summed E-state index contributed by atoms with van der Waals surface area (Å²) in [5, 5.41) is 0. The summed E-state index contributed by atoms with van der Waals surface area (Å²) in [6, 6.07) is 6.68. The molecule has 0 unspecified atom stereocenters. The Kier molecular flexibility index (Phi) is 5.61. The summed E-state index contributed by atoms with van der Waals surface area (Å²) >= 11 is 0. The summed E-state index contributed by atoms with van der Waals surface area (Å²) in [5.41, 5.74) is 2.55. The highest BCUT2D eigenvalue weighted by molar-refractivity contribution is 5.79. The van der Waals surface area contributed by atoms with Crippen LogP contribution in [0.4, 0.5) is 4.39 Å². The number of amides is 1. The number of H-pyrrole nitrogens is 1. The molecular formula is C24H29FN4O2. The third kappa shape index (κ3) is 4.28. The average Bonchev–Trinajstić information content (AvgIpc) is 3.48. The standard InChI is InChI=1S/C24H29FN4O2/c25-18-7-5-16(6-8-18)13-22(30)29-11-9-17(14-29)23-26-21-10-12-28(19-3-1-2-4-19)15-20(21)24(31)27-23/h5-8,17,19H,1-4,9-15H2,(H,26,27,31)/t17-/m1/s1. The molecular weight excluding hydrogens is 395 g/mol. The van der Waals surface area contributed by atoms with E-state index in [-0.39, 0.29) is 29.6 Å². The minimum Gasteiger partial charge on any atom is -0.342 e. The lowest BCUT2D eigenvalue weighted by Crippen LogP contribution is -2.41. The molecule has 1 saturated carbocycles. The number of hydrogen-bond acceptors (Lipinski definition) is 4. The maximum absolute atomic E-state index is 13.1. The second-order valence-corrected chi connectivity index (χ2v) is 9.16. The number of aromatic amines is 1. The fraction of sp³-hybridized carbons (Fsp3) is 0.542. The van der Waals surface area contributed by atoms with Crippen molar-refractivity contribution in [1.82, 2.24) is 19.8 Å². The molecule has 0 radical (unpaired) electrons. The summed E-state index contributed by atoms with van der Waals surface area (Å²) in [7, 11) is 0. The molecule has 7 heteroatoms. The number of aromatic nitrogens is 2. The number of hydrogen-bond donors (Lipinski definition) is 1. The van der Waals surface area contributed by atoms with Gasteiger partial charge in [0.2, 0.25) is 5.91 Å². The number of benzene rings is 1. The molecule has 3 heterocycles. The Bertz CT molecular complexity index is 1010. The average molecular weight is 425 g/mol. The van der Waals surface area contributed by atoms with Gasteiger partial charge in [-0.25, -0.2) is 9.37 Å². The third-order valence-corrected chi connectivity index (χ3v) is 7.15. The first-order valence-corrected chi connectivity index (χ1v) is 11.4. The van der Waals surface area contributed by atoms with Gasteiger partial charge in [-0.2, -0.15) is 0 Å². The van der Waals surface area contributed by atoms with Gasteiger partial charge in [-0.3, -0.25) is 14.5 Å². The normalized spacial score (nSPS) is 22.1. The largest absolute Gasteiger partial charge is 0.342 e. The Morgan fingerprint density at radius 3 is 2.68 bits per heavy atom. The molecule has 0 bridgehead atoms. The van der Waals surface area contributed by atoms with Crippen molar-refractivity contribution in [3.8, 4) is 0 Å². The smallest absolute Gasteiger partial charge is 0.255 e. The quantitative estimate of drug-likeness (QED) is 0.820. The van der Waals surface area contributed by atoms with Crippen LogP contribution in [0.5, 0.6) is 0 Å². The molecule has 6 nitrogen and oxygen atoms in total. The molecule has 0 spiro atoms. The van der Waals surface area contributed by atoms with Crippen molar-refractivity contribution >= 4 is 5.91 Å². The van der Waals surface area contributed by atoms with Crippen molar-refractivity contribution in [2.24, 2.45) is 0 Å². The predicted octanol–water partition coefficient (Wildman–Crippen LogP) is 2.77. The summed E-state index contributed by atoms with van der Waals surface area (Å²) in [4.78, 5) is 37.7. The lowest BCUT2D eigenvalue weighted by molar-refractivity contribution is -0.129. The van der Waals surface area contributed by atoms with Crippen LogP contribution in [0.25, 0.3) is 0 Å². The minimum absolute atomic E-state index is 0.0150. The van der Waals surface area contributed by atoms with Gasteiger partial charge in [-0.15, -0.1) is 0 Å². The second-order valence-electron chi connectivity index (χ2n) is 9.16. The molecule has 1 saturated heterocycles. The number of fused-ring (bicyclic) bond motifs is 1. The van der Waals surface area contributed by atoms with E-state index in [9.17, 15) is 14.0 Å². The Labute approximate surface area is 181 Å². The molecule has 1 N–H and O–H groups in total. The van der Waals surface area contributed by atoms with E-state index in [1.165, 1.54) is 37.8 Å². The molecule has 1 aromatic heterocycles. The highest BCUT2D eigenvalue weighted by atomic mass is 19.1. The SMILES string of the molecule is O=C(Cc1ccc(F)cc1)N1CC[C@@H](c2nc3c(c(=O)[nH]2)CN(C2CCCC2)CC3)C1. The maximum Gasteiger partial charge on any atom is 0.255 e. The van der Waals surface area contributed by atoms with E-state index < -0.39 is 0 Å². The highest BCUT2D eigenvalue weighted by Crippen LogP contribution is 2.29. The Morgan fingerprint density at radius 1 is 1.13 bits per heavy atom. The van der Waals surface area contributed by atoms with Crippen molar-refractivity contribution in [3.05, 3.63) is 63.1 Å². The minimum atomic E-state index is -0.300. The first-order chi connectivity index (χ1) is 15.1. The van der Waals surface area contributed by atoms with Gasteiger partial charge in [0.1, 0.15) is 11.6 Å². The summed E-state index contributed by atoms with van der Waals surface area (Å²) in [5.74, 6) is 0.506. The molecule has 1 atom stereocenters. The van der Waals surface area contributed by atoms with E-state index in [0.29, 0.717) is 25.7 Å². The van der Waals surface area contributed by atoms with E-state index in [1.54, 1.807) is 12.1 Å². The predicted molar refractivity (Wildman–Crippen MR) is 115 cm³/mol. The van der Waals surface area contributed by atoms with Crippen LogP contribution in [0.15, 0.2) is 29.1 Å². The summed E-state index contributed by atoms with van der Waals surface area (Å²) < 4.78 is 13.1.